The second-order valence-corrected chi connectivity index (χ2v) is 5.06. The first-order chi connectivity index (χ1) is 9.29. The Balaban J connectivity index is 0.00000200. The van der Waals surface area contributed by atoms with Gasteiger partial charge in [-0.1, -0.05) is 6.42 Å². The summed E-state index contributed by atoms with van der Waals surface area (Å²) >= 11 is 0. The zero-order valence-electron chi connectivity index (χ0n) is 12.0. The Morgan fingerprint density at radius 2 is 2.05 bits per heavy atom. The van der Waals surface area contributed by atoms with Crippen molar-refractivity contribution in [2.24, 2.45) is 10.9 Å². The number of aliphatic hydroxyl groups excluding tert-OH is 1. The summed E-state index contributed by atoms with van der Waals surface area (Å²) in [4.78, 5) is 4.20. The molecule has 0 radical (unpaired) electrons. The number of aromatic nitrogens is 1. The summed E-state index contributed by atoms with van der Waals surface area (Å²) in [6.45, 7) is 2.55. The number of nitrogens with zero attached hydrogens (tertiary/aromatic N) is 2. The van der Waals surface area contributed by atoms with Crippen LogP contribution in [0.3, 0.4) is 0 Å². The molecule has 2 atom stereocenters. The van der Waals surface area contributed by atoms with Gasteiger partial charge >= 0.3 is 0 Å². The molecule has 5 nitrogen and oxygen atoms in total. The summed E-state index contributed by atoms with van der Waals surface area (Å²) in [5.41, 5.74) is 0. The van der Waals surface area contributed by atoms with E-state index in [9.17, 15) is 5.11 Å². The van der Waals surface area contributed by atoms with Crippen molar-refractivity contribution in [2.45, 2.75) is 31.9 Å². The standard InChI is InChI=1S/C14H24N4O.HI/c1-15-14(16-7-10-18-8-2-3-9-18)17-11-12-5-4-6-13(12)19;/h2-3,8-9,12-13,19H,4-7,10-11H2,1H3,(H2,15,16,17);1H. The third kappa shape index (κ3) is 5.32. The zero-order valence-corrected chi connectivity index (χ0v) is 14.3. The molecule has 0 aromatic carbocycles. The third-order valence-electron chi connectivity index (χ3n) is 3.70. The van der Waals surface area contributed by atoms with Crippen LogP contribution in [0.4, 0.5) is 0 Å². The van der Waals surface area contributed by atoms with E-state index in [4.69, 9.17) is 0 Å². The summed E-state index contributed by atoms with van der Waals surface area (Å²) in [5.74, 6) is 1.18. The third-order valence-corrected chi connectivity index (χ3v) is 3.70. The highest BCUT2D eigenvalue weighted by Crippen LogP contribution is 2.24. The van der Waals surface area contributed by atoms with Crippen LogP contribution >= 0.6 is 24.0 Å². The van der Waals surface area contributed by atoms with E-state index in [2.05, 4.69) is 20.2 Å². The van der Waals surface area contributed by atoms with Crippen LogP contribution in [0.2, 0.25) is 0 Å². The van der Waals surface area contributed by atoms with Crippen molar-refractivity contribution in [1.29, 1.82) is 0 Å². The van der Waals surface area contributed by atoms with Crippen LogP contribution in [-0.2, 0) is 6.54 Å². The van der Waals surface area contributed by atoms with Crippen molar-refractivity contribution in [3.8, 4) is 0 Å². The summed E-state index contributed by atoms with van der Waals surface area (Å²) < 4.78 is 2.13. The van der Waals surface area contributed by atoms with Crippen molar-refractivity contribution in [1.82, 2.24) is 15.2 Å². The molecule has 0 amide bonds. The number of nitrogens with one attached hydrogen (secondary N) is 2. The van der Waals surface area contributed by atoms with Gasteiger partial charge in [-0.15, -0.1) is 24.0 Å². The minimum Gasteiger partial charge on any atom is -0.393 e. The highest BCUT2D eigenvalue weighted by molar-refractivity contribution is 14.0. The fraction of sp³-hybridized carbons (Fsp3) is 0.643. The number of halogens is 1. The average Bonchev–Trinajstić information content (AvgIpc) is 3.05. The van der Waals surface area contributed by atoms with Crippen LogP contribution in [0.1, 0.15) is 19.3 Å². The SMILES string of the molecule is CN=C(NCCn1cccc1)NCC1CCCC1O.I. The van der Waals surface area contributed by atoms with Gasteiger partial charge in [0.05, 0.1) is 6.10 Å². The van der Waals surface area contributed by atoms with Crippen molar-refractivity contribution in [3.63, 3.8) is 0 Å². The first-order valence-electron chi connectivity index (χ1n) is 7.03. The fourth-order valence-electron chi connectivity index (χ4n) is 2.53. The van der Waals surface area contributed by atoms with E-state index in [1.165, 1.54) is 0 Å². The van der Waals surface area contributed by atoms with Gasteiger partial charge in [0.25, 0.3) is 0 Å². The highest BCUT2D eigenvalue weighted by Gasteiger charge is 2.24. The number of rotatable bonds is 5. The van der Waals surface area contributed by atoms with E-state index in [-0.39, 0.29) is 30.1 Å². The Bertz CT molecular complexity index is 394. The predicted molar refractivity (Wildman–Crippen MR) is 92.6 cm³/mol. The first kappa shape index (κ1) is 17.3. The van der Waals surface area contributed by atoms with Gasteiger partial charge in [0.15, 0.2) is 5.96 Å². The Morgan fingerprint density at radius 1 is 1.30 bits per heavy atom. The van der Waals surface area contributed by atoms with Gasteiger partial charge in [0, 0.05) is 45.0 Å². The van der Waals surface area contributed by atoms with E-state index in [1.807, 2.05) is 24.5 Å². The molecule has 0 spiro atoms. The molecule has 0 bridgehead atoms. The maximum absolute atomic E-state index is 9.77. The van der Waals surface area contributed by atoms with Gasteiger partial charge in [0.1, 0.15) is 0 Å². The lowest BCUT2D eigenvalue weighted by Gasteiger charge is -2.17. The van der Waals surface area contributed by atoms with Gasteiger partial charge < -0.3 is 20.3 Å². The van der Waals surface area contributed by atoms with Gasteiger partial charge in [-0.05, 0) is 25.0 Å². The molecule has 1 aliphatic carbocycles. The molecule has 1 saturated carbocycles. The quantitative estimate of drug-likeness (QED) is 0.404. The molecular weight excluding hydrogens is 367 g/mol. The molecule has 2 rings (SSSR count). The number of guanidine groups is 1. The van der Waals surface area contributed by atoms with E-state index in [0.717, 1.165) is 44.9 Å². The number of hydrogen-bond acceptors (Lipinski definition) is 2. The number of hydrogen-bond donors (Lipinski definition) is 3. The van der Waals surface area contributed by atoms with E-state index in [1.54, 1.807) is 7.05 Å². The number of aliphatic hydroxyl groups is 1. The molecule has 0 aliphatic heterocycles. The molecule has 0 saturated heterocycles. The summed E-state index contributed by atoms with van der Waals surface area (Å²) in [6, 6.07) is 4.04. The van der Waals surface area contributed by atoms with Crippen molar-refractivity contribution in [2.75, 3.05) is 20.1 Å². The molecule has 6 heteroatoms. The fourth-order valence-corrected chi connectivity index (χ4v) is 2.53. The summed E-state index contributed by atoms with van der Waals surface area (Å²) in [6.07, 6.45) is 7.12. The molecule has 3 N–H and O–H groups in total. The minimum absolute atomic E-state index is 0. The lowest BCUT2D eigenvalue weighted by molar-refractivity contribution is 0.134. The van der Waals surface area contributed by atoms with E-state index >= 15 is 0 Å². The Hall–Kier alpha value is -0.760. The molecule has 1 heterocycles. The second-order valence-electron chi connectivity index (χ2n) is 5.06. The van der Waals surface area contributed by atoms with Crippen LogP contribution in [0.5, 0.6) is 0 Å². The van der Waals surface area contributed by atoms with Crippen LogP contribution in [0.25, 0.3) is 0 Å². The first-order valence-corrected chi connectivity index (χ1v) is 7.03. The van der Waals surface area contributed by atoms with Crippen LogP contribution in [0, 0.1) is 5.92 Å². The molecule has 2 unspecified atom stereocenters. The molecule has 1 aromatic rings. The molecule has 1 fully saturated rings. The molecular formula is C14H25IN4O. The topological polar surface area (TPSA) is 61.6 Å². The molecule has 1 aromatic heterocycles. The Kier molecular flexibility index (Phi) is 7.98. The molecule has 20 heavy (non-hydrogen) atoms. The van der Waals surface area contributed by atoms with E-state index in [0.29, 0.717) is 5.92 Å². The zero-order chi connectivity index (χ0) is 13.5. The monoisotopic (exact) mass is 392 g/mol. The molecule has 1 aliphatic rings. The van der Waals surface area contributed by atoms with Crippen molar-refractivity contribution >= 4 is 29.9 Å². The lowest BCUT2D eigenvalue weighted by atomic mass is 10.1. The lowest BCUT2D eigenvalue weighted by Crippen LogP contribution is -2.42. The maximum atomic E-state index is 9.77. The molecule has 114 valence electrons. The van der Waals surface area contributed by atoms with Crippen LogP contribution in [-0.4, -0.2) is 41.9 Å². The summed E-state index contributed by atoms with van der Waals surface area (Å²) in [5, 5.41) is 16.3. The van der Waals surface area contributed by atoms with Gasteiger partial charge in [-0.3, -0.25) is 4.99 Å². The van der Waals surface area contributed by atoms with Crippen LogP contribution in [0.15, 0.2) is 29.5 Å². The minimum atomic E-state index is -0.148. The number of aliphatic imine (C=N–C) groups is 1. The van der Waals surface area contributed by atoms with Gasteiger partial charge in [-0.25, -0.2) is 0 Å². The summed E-state index contributed by atoms with van der Waals surface area (Å²) in [7, 11) is 1.77. The van der Waals surface area contributed by atoms with Gasteiger partial charge in [-0.2, -0.15) is 0 Å². The second kappa shape index (κ2) is 9.23. The highest BCUT2D eigenvalue weighted by atomic mass is 127. The van der Waals surface area contributed by atoms with Gasteiger partial charge in [0.2, 0.25) is 0 Å². The maximum Gasteiger partial charge on any atom is 0.191 e. The normalized spacial score (nSPS) is 22.4. The van der Waals surface area contributed by atoms with E-state index < -0.39 is 0 Å². The Labute approximate surface area is 137 Å². The smallest absolute Gasteiger partial charge is 0.191 e. The predicted octanol–water partition coefficient (Wildman–Crippen LogP) is 1.43. The van der Waals surface area contributed by atoms with Crippen molar-refractivity contribution in [3.05, 3.63) is 24.5 Å². The largest absolute Gasteiger partial charge is 0.393 e. The van der Waals surface area contributed by atoms with Crippen molar-refractivity contribution < 1.29 is 5.11 Å². The average molecular weight is 392 g/mol. The Morgan fingerprint density at radius 3 is 2.65 bits per heavy atom. The van der Waals surface area contributed by atoms with Crippen LogP contribution < -0.4 is 10.6 Å².